The number of rotatable bonds is 4. The van der Waals surface area contributed by atoms with Gasteiger partial charge in [-0.2, -0.15) is 0 Å². The standard InChI is InChI=1S/C14H16F2N2O3/c1-8-5-18(6-9(8)14(20)21)7-12(19)17-13-10(15)3-2-4-11(13)16/h2-4,8-9H,5-7H2,1H3,(H,17,19)(H,20,21)/t8-,9-/m1/s1. The lowest BCUT2D eigenvalue weighted by Gasteiger charge is -2.15. The fraction of sp³-hybridized carbons (Fsp3) is 0.429. The van der Waals surface area contributed by atoms with Crippen LogP contribution in [0.25, 0.3) is 0 Å². The molecule has 1 aliphatic heterocycles. The van der Waals surface area contributed by atoms with Crippen LogP contribution in [0.15, 0.2) is 18.2 Å². The molecule has 1 saturated heterocycles. The van der Waals surface area contributed by atoms with Crippen molar-refractivity contribution in [2.24, 2.45) is 11.8 Å². The lowest BCUT2D eigenvalue weighted by atomic mass is 9.99. The molecule has 114 valence electrons. The molecule has 0 spiro atoms. The first-order chi connectivity index (χ1) is 9.88. The fourth-order valence-corrected chi connectivity index (χ4v) is 2.52. The zero-order valence-electron chi connectivity index (χ0n) is 11.5. The third-order valence-electron chi connectivity index (χ3n) is 3.60. The van der Waals surface area contributed by atoms with Crippen molar-refractivity contribution in [2.45, 2.75) is 6.92 Å². The molecule has 1 aromatic carbocycles. The molecular formula is C14H16F2N2O3. The van der Waals surface area contributed by atoms with Crippen molar-refractivity contribution in [3.8, 4) is 0 Å². The van der Waals surface area contributed by atoms with Crippen molar-refractivity contribution in [1.29, 1.82) is 0 Å². The summed E-state index contributed by atoms with van der Waals surface area (Å²) in [5.74, 6) is -3.76. The summed E-state index contributed by atoms with van der Waals surface area (Å²) in [5.41, 5.74) is -0.482. The van der Waals surface area contributed by atoms with E-state index in [9.17, 15) is 18.4 Å². The number of carboxylic acids is 1. The van der Waals surface area contributed by atoms with Crippen molar-refractivity contribution >= 4 is 17.6 Å². The van der Waals surface area contributed by atoms with Crippen molar-refractivity contribution in [3.05, 3.63) is 29.8 Å². The molecule has 7 heteroatoms. The molecular weight excluding hydrogens is 282 g/mol. The number of carboxylic acid groups (broad SMARTS) is 1. The second kappa shape index (κ2) is 6.17. The second-order valence-corrected chi connectivity index (χ2v) is 5.26. The summed E-state index contributed by atoms with van der Waals surface area (Å²) in [5, 5.41) is 11.2. The number of halogens is 2. The maximum absolute atomic E-state index is 13.4. The van der Waals surface area contributed by atoms with Gasteiger partial charge in [-0.15, -0.1) is 0 Å². The first-order valence-electron chi connectivity index (χ1n) is 6.57. The van der Waals surface area contributed by atoms with Crippen LogP contribution >= 0.6 is 0 Å². The van der Waals surface area contributed by atoms with E-state index >= 15 is 0 Å². The predicted molar refractivity (Wildman–Crippen MR) is 71.7 cm³/mol. The molecule has 0 unspecified atom stereocenters. The van der Waals surface area contributed by atoms with Gasteiger partial charge in [0.05, 0.1) is 12.5 Å². The highest BCUT2D eigenvalue weighted by Gasteiger charge is 2.35. The highest BCUT2D eigenvalue weighted by molar-refractivity contribution is 5.92. The number of nitrogens with one attached hydrogen (secondary N) is 1. The van der Waals surface area contributed by atoms with Gasteiger partial charge in [-0.1, -0.05) is 13.0 Å². The lowest BCUT2D eigenvalue weighted by molar-refractivity contribution is -0.142. The Kier molecular flexibility index (Phi) is 4.52. The molecule has 1 amide bonds. The first kappa shape index (κ1) is 15.4. The van der Waals surface area contributed by atoms with Crippen LogP contribution in [0.5, 0.6) is 0 Å². The number of likely N-dealkylation sites (tertiary alicyclic amines) is 1. The number of nitrogens with zero attached hydrogens (tertiary/aromatic N) is 1. The molecule has 1 aromatic rings. The van der Waals surface area contributed by atoms with Crippen LogP contribution in [0.1, 0.15) is 6.92 Å². The summed E-state index contributed by atoms with van der Waals surface area (Å²) in [4.78, 5) is 24.5. The molecule has 0 aliphatic carbocycles. The average Bonchev–Trinajstić information content (AvgIpc) is 2.75. The van der Waals surface area contributed by atoms with Gasteiger partial charge in [-0.25, -0.2) is 8.78 Å². The van der Waals surface area contributed by atoms with Crippen molar-refractivity contribution in [3.63, 3.8) is 0 Å². The quantitative estimate of drug-likeness (QED) is 0.885. The maximum Gasteiger partial charge on any atom is 0.308 e. The monoisotopic (exact) mass is 298 g/mol. The summed E-state index contributed by atoms with van der Waals surface area (Å²) in [6.07, 6.45) is 0. The summed E-state index contributed by atoms with van der Waals surface area (Å²) >= 11 is 0. The number of carbonyl (C=O) groups is 2. The van der Waals surface area contributed by atoms with Crippen LogP contribution in [0.2, 0.25) is 0 Å². The molecule has 5 nitrogen and oxygen atoms in total. The van der Waals surface area contributed by atoms with Gasteiger partial charge in [0.25, 0.3) is 0 Å². The van der Waals surface area contributed by atoms with Gasteiger partial charge in [-0.05, 0) is 18.1 Å². The molecule has 2 atom stereocenters. The molecule has 0 radical (unpaired) electrons. The van der Waals surface area contributed by atoms with Crippen LogP contribution in [0.3, 0.4) is 0 Å². The molecule has 0 bridgehead atoms. The number of aliphatic carboxylic acids is 1. The number of hydrogen-bond donors (Lipinski definition) is 2. The van der Waals surface area contributed by atoms with E-state index in [1.54, 1.807) is 11.8 Å². The van der Waals surface area contributed by atoms with E-state index in [1.165, 1.54) is 6.07 Å². The van der Waals surface area contributed by atoms with Gasteiger partial charge < -0.3 is 10.4 Å². The molecule has 2 rings (SSSR count). The number of anilines is 1. The highest BCUT2D eigenvalue weighted by atomic mass is 19.1. The molecule has 1 fully saturated rings. The third-order valence-corrected chi connectivity index (χ3v) is 3.60. The third kappa shape index (κ3) is 3.55. The minimum absolute atomic E-state index is 0.0690. The summed E-state index contributed by atoms with van der Waals surface area (Å²) < 4.78 is 26.8. The Hall–Kier alpha value is -2.02. The SMILES string of the molecule is C[C@@H]1CN(CC(=O)Nc2c(F)cccc2F)C[C@H]1C(=O)O. The van der Waals surface area contributed by atoms with Crippen molar-refractivity contribution in [1.82, 2.24) is 4.90 Å². The summed E-state index contributed by atoms with van der Waals surface area (Å²) in [6, 6.07) is 3.31. The van der Waals surface area contributed by atoms with Crippen molar-refractivity contribution < 1.29 is 23.5 Å². The zero-order chi connectivity index (χ0) is 15.6. The molecule has 2 N–H and O–H groups in total. The Morgan fingerprint density at radius 2 is 1.95 bits per heavy atom. The Morgan fingerprint density at radius 1 is 1.33 bits per heavy atom. The minimum atomic E-state index is -0.898. The molecule has 21 heavy (non-hydrogen) atoms. The van der Waals surface area contributed by atoms with E-state index in [1.807, 2.05) is 0 Å². The van der Waals surface area contributed by atoms with E-state index < -0.39 is 35.1 Å². The Bertz CT molecular complexity index is 545. The maximum atomic E-state index is 13.4. The number of hydrogen-bond acceptors (Lipinski definition) is 3. The van der Waals surface area contributed by atoms with E-state index in [2.05, 4.69) is 5.32 Å². The van der Waals surface area contributed by atoms with Gasteiger partial charge in [0, 0.05) is 13.1 Å². The van der Waals surface area contributed by atoms with Gasteiger partial charge in [0.15, 0.2) is 0 Å². The summed E-state index contributed by atoms with van der Waals surface area (Å²) in [7, 11) is 0. The largest absolute Gasteiger partial charge is 0.481 e. The van der Waals surface area contributed by atoms with Gasteiger partial charge >= 0.3 is 5.97 Å². The molecule has 1 heterocycles. The smallest absolute Gasteiger partial charge is 0.308 e. The minimum Gasteiger partial charge on any atom is -0.481 e. The fourth-order valence-electron chi connectivity index (χ4n) is 2.52. The number of para-hydroxylation sites is 1. The van der Waals surface area contributed by atoms with Gasteiger partial charge in [0.1, 0.15) is 17.3 Å². The Morgan fingerprint density at radius 3 is 2.48 bits per heavy atom. The van der Waals surface area contributed by atoms with Gasteiger partial charge in [0.2, 0.25) is 5.91 Å². The van der Waals surface area contributed by atoms with E-state index in [0.29, 0.717) is 6.54 Å². The van der Waals surface area contributed by atoms with Gasteiger partial charge in [-0.3, -0.25) is 14.5 Å². The number of benzene rings is 1. The summed E-state index contributed by atoms with van der Waals surface area (Å²) in [6.45, 7) is 2.42. The van der Waals surface area contributed by atoms with Crippen LogP contribution in [-0.4, -0.2) is 41.5 Å². The van der Waals surface area contributed by atoms with E-state index in [0.717, 1.165) is 12.1 Å². The number of amides is 1. The highest BCUT2D eigenvalue weighted by Crippen LogP contribution is 2.23. The van der Waals surface area contributed by atoms with E-state index in [4.69, 9.17) is 5.11 Å². The van der Waals surface area contributed by atoms with E-state index in [-0.39, 0.29) is 19.0 Å². The second-order valence-electron chi connectivity index (χ2n) is 5.26. The Balaban J connectivity index is 1.96. The number of carbonyl (C=O) groups excluding carboxylic acids is 1. The molecule has 0 saturated carbocycles. The first-order valence-corrected chi connectivity index (χ1v) is 6.57. The lowest BCUT2D eigenvalue weighted by Crippen LogP contribution is -2.32. The zero-order valence-corrected chi connectivity index (χ0v) is 11.5. The molecule has 1 aliphatic rings. The normalized spacial score (nSPS) is 22.2. The Labute approximate surface area is 120 Å². The van der Waals surface area contributed by atoms with Crippen molar-refractivity contribution in [2.75, 3.05) is 25.0 Å². The molecule has 0 aromatic heterocycles. The predicted octanol–water partition coefficient (Wildman–Crippen LogP) is 1.56. The van der Waals surface area contributed by atoms with Crippen LogP contribution in [-0.2, 0) is 9.59 Å². The average molecular weight is 298 g/mol. The van der Waals surface area contributed by atoms with Crippen LogP contribution < -0.4 is 5.32 Å². The van der Waals surface area contributed by atoms with Crippen LogP contribution in [0, 0.1) is 23.5 Å². The van der Waals surface area contributed by atoms with Crippen LogP contribution in [0.4, 0.5) is 14.5 Å². The topological polar surface area (TPSA) is 69.6 Å².